The van der Waals surface area contributed by atoms with Gasteiger partial charge in [0.15, 0.2) is 0 Å². The van der Waals surface area contributed by atoms with Crippen LogP contribution in [-0.4, -0.2) is 0 Å². The molecule has 4 aromatic rings. The summed E-state index contributed by atoms with van der Waals surface area (Å²) in [4.78, 5) is 0. The zero-order chi connectivity index (χ0) is 20.1. The number of aryl methyl sites for hydroxylation is 2. The molecule has 0 bridgehead atoms. The first-order chi connectivity index (χ1) is 14.2. The summed E-state index contributed by atoms with van der Waals surface area (Å²) >= 11 is 0. The summed E-state index contributed by atoms with van der Waals surface area (Å²) in [5.74, 6) is 0. The van der Waals surface area contributed by atoms with Crippen molar-refractivity contribution in [2.75, 3.05) is 10.2 Å². The molecular weight excluding hydrogens is 371 g/mol. The van der Waals surface area contributed by atoms with Crippen LogP contribution in [0.15, 0.2) is 109 Å². The average Bonchev–Trinajstić information content (AvgIpc) is 2.77. The molecule has 0 saturated heterocycles. The van der Waals surface area contributed by atoms with Crippen LogP contribution in [0, 0.1) is 13.8 Å². The smallest absolute Gasteiger partial charge is 0.231 e. The van der Waals surface area contributed by atoms with Crippen molar-refractivity contribution in [3.8, 4) is 0 Å². The SMILES string of the molecule is Cc1ccc(N[P+](Nc2ccc(C)cc2)(c2ccccc2)c2ccccc2)cc1. The predicted molar refractivity (Wildman–Crippen MR) is 129 cm³/mol. The van der Waals surface area contributed by atoms with Crippen LogP contribution in [0.1, 0.15) is 11.1 Å². The minimum Gasteiger partial charge on any atom is -0.231 e. The molecule has 4 aromatic carbocycles. The molecule has 0 aliphatic rings. The molecule has 0 spiro atoms. The lowest BCUT2D eigenvalue weighted by Gasteiger charge is -2.29. The second-order valence-electron chi connectivity index (χ2n) is 7.30. The minimum absolute atomic E-state index is 1.11. The lowest BCUT2D eigenvalue weighted by atomic mass is 10.2. The van der Waals surface area contributed by atoms with Gasteiger partial charge in [-0.2, -0.15) is 0 Å². The van der Waals surface area contributed by atoms with Crippen molar-refractivity contribution in [3.05, 3.63) is 120 Å². The predicted octanol–water partition coefficient (Wildman–Crippen LogP) is 6.33. The van der Waals surface area contributed by atoms with E-state index in [1.165, 1.54) is 21.7 Å². The van der Waals surface area contributed by atoms with Crippen molar-refractivity contribution in [2.24, 2.45) is 0 Å². The fourth-order valence-electron chi connectivity index (χ4n) is 3.38. The maximum atomic E-state index is 3.92. The van der Waals surface area contributed by atoms with Crippen LogP contribution in [0.3, 0.4) is 0 Å². The number of hydrogen-bond donors (Lipinski definition) is 2. The molecule has 3 heteroatoms. The second-order valence-corrected chi connectivity index (χ2v) is 10.1. The lowest BCUT2D eigenvalue weighted by molar-refractivity contribution is 1.46. The van der Waals surface area contributed by atoms with Crippen molar-refractivity contribution >= 4 is 29.5 Å². The first-order valence-electron chi connectivity index (χ1n) is 9.86. The molecule has 0 saturated carbocycles. The summed E-state index contributed by atoms with van der Waals surface area (Å²) in [6.45, 7) is 4.23. The van der Waals surface area contributed by atoms with E-state index in [-0.39, 0.29) is 0 Å². The first kappa shape index (κ1) is 19.2. The molecule has 2 N–H and O–H groups in total. The van der Waals surface area contributed by atoms with Crippen molar-refractivity contribution < 1.29 is 0 Å². The van der Waals surface area contributed by atoms with Gasteiger partial charge >= 0.3 is 0 Å². The lowest BCUT2D eigenvalue weighted by Crippen LogP contribution is -2.33. The summed E-state index contributed by atoms with van der Waals surface area (Å²) in [6.07, 6.45) is 0. The Kier molecular flexibility index (Phi) is 5.64. The highest BCUT2D eigenvalue weighted by Crippen LogP contribution is 2.55. The van der Waals surface area contributed by atoms with Crippen LogP contribution in [0.5, 0.6) is 0 Å². The molecule has 0 radical (unpaired) electrons. The van der Waals surface area contributed by atoms with Crippen LogP contribution in [0.25, 0.3) is 0 Å². The van der Waals surface area contributed by atoms with Gasteiger partial charge in [-0.15, -0.1) is 0 Å². The zero-order valence-electron chi connectivity index (χ0n) is 16.8. The van der Waals surface area contributed by atoms with Crippen molar-refractivity contribution in [3.63, 3.8) is 0 Å². The van der Waals surface area contributed by atoms with Crippen LogP contribution >= 0.6 is 7.56 Å². The molecule has 0 aliphatic heterocycles. The maximum absolute atomic E-state index is 3.92. The van der Waals surface area contributed by atoms with E-state index in [9.17, 15) is 0 Å². The summed E-state index contributed by atoms with van der Waals surface area (Å²) in [7, 11) is -2.17. The van der Waals surface area contributed by atoms with Gasteiger partial charge in [0.1, 0.15) is 10.6 Å². The summed E-state index contributed by atoms with van der Waals surface area (Å²) in [5, 5.41) is 10.3. The Morgan fingerprint density at radius 1 is 0.448 bits per heavy atom. The molecule has 0 aliphatic carbocycles. The summed E-state index contributed by atoms with van der Waals surface area (Å²) in [6, 6.07) is 38.7. The molecule has 0 amide bonds. The van der Waals surface area contributed by atoms with Gasteiger partial charge in [-0.3, -0.25) is 0 Å². The Balaban J connectivity index is 1.88. The standard InChI is InChI=1S/C26H26N2P/c1-21-13-17-23(18-14-21)27-29(25-9-5-3-6-10-25,26-11-7-4-8-12-26)28-24-19-15-22(2)16-20-24/h3-20,27-28H,1-2H3/q+1. The van der Waals surface area contributed by atoms with Crippen molar-refractivity contribution in [1.29, 1.82) is 0 Å². The monoisotopic (exact) mass is 397 g/mol. The first-order valence-corrected chi connectivity index (χ1v) is 11.6. The third-order valence-corrected chi connectivity index (χ3v) is 8.32. The van der Waals surface area contributed by atoms with Crippen LogP contribution in [0.2, 0.25) is 0 Å². The number of nitrogens with one attached hydrogen (secondary N) is 2. The third kappa shape index (κ3) is 4.34. The Labute approximate surface area is 174 Å². The van der Waals surface area contributed by atoms with E-state index >= 15 is 0 Å². The second kappa shape index (κ2) is 8.51. The number of rotatable bonds is 6. The van der Waals surface area contributed by atoms with E-state index in [4.69, 9.17) is 0 Å². The molecule has 29 heavy (non-hydrogen) atoms. The molecule has 2 nitrogen and oxygen atoms in total. The van der Waals surface area contributed by atoms with E-state index < -0.39 is 7.56 Å². The number of benzene rings is 4. The van der Waals surface area contributed by atoms with E-state index in [1.54, 1.807) is 0 Å². The fourth-order valence-corrected chi connectivity index (χ4v) is 6.56. The van der Waals surface area contributed by atoms with Gasteiger partial charge in [-0.05, 0) is 62.4 Å². The number of anilines is 2. The maximum Gasteiger partial charge on any atom is 0.257 e. The third-order valence-electron chi connectivity index (χ3n) is 4.98. The quantitative estimate of drug-likeness (QED) is 0.372. The van der Waals surface area contributed by atoms with Gasteiger partial charge in [-0.1, -0.05) is 71.8 Å². The van der Waals surface area contributed by atoms with Gasteiger partial charge < -0.3 is 0 Å². The van der Waals surface area contributed by atoms with Gasteiger partial charge in [0.25, 0.3) is 7.56 Å². The highest BCUT2D eigenvalue weighted by Gasteiger charge is 2.44. The van der Waals surface area contributed by atoms with E-state index in [0.29, 0.717) is 0 Å². The average molecular weight is 397 g/mol. The van der Waals surface area contributed by atoms with E-state index in [1.807, 2.05) is 0 Å². The van der Waals surface area contributed by atoms with Crippen molar-refractivity contribution in [2.45, 2.75) is 13.8 Å². The minimum atomic E-state index is -2.17. The highest BCUT2D eigenvalue weighted by atomic mass is 31.2. The molecule has 0 unspecified atom stereocenters. The largest absolute Gasteiger partial charge is 0.257 e. The van der Waals surface area contributed by atoms with E-state index in [2.05, 4.69) is 133 Å². The Morgan fingerprint density at radius 2 is 0.793 bits per heavy atom. The molecule has 0 fully saturated rings. The molecule has 144 valence electrons. The summed E-state index contributed by atoms with van der Waals surface area (Å²) < 4.78 is 0. The van der Waals surface area contributed by atoms with Gasteiger partial charge in [0, 0.05) is 0 Å². The summed E-state index contributed by atoms with van der Waals surface area (Å²) in [5.41, 5.74) is 4.73. The molecule has 0 atom stereocenters. The van der Waals surface area contributed by atoms with Crippen LogP contribution in [0.4, 0.5) is 11.4 Å². The van der Waals surface area contributed by atoms with Crippen molar-refractivity contribution in [1.82, 2.24) is 0 Å². The topological polar surface area (TPSA) is 24.1 Å². The Morgan fingerprint density at radius 3 is 1.14 bits per heavy atom. The molecule has 0 aromatic heterocycles. The molecule has 4 rings (SSSR count). The van der Waals surface area contributed by atoms with Crippen LogP contribution < -0.4 is 20.8 Å². The van der Waals surface area contributed by atoms with Crippen LogP contribution in [-0.2, 0) is 0 Å². The Hall–Kier alpha value is -3.09. The highest BCUT2D eigenvalue weighted by molar-refractivity contribution is 7.91. The Bertz CT molecular complexity index is 954. The van der Waals surface area contributed by atoms with Gasteiger partial charge in [0.2, 0.25) is 0 Å². The molecule has 0 heterocycles. The van der Waals surface area contributed by atoms with Gasteiger partial charge in [0.05, 0.1) is 11.4 Å². The zero-order valence-corrected chi connectivity index (χ0v) is 17.7. The normalized spacial score (nSPS) is 11.1. The van der Waals surface area contributed by atoms with Gasteiger partial charge in [-0.25, -0.2) is 10.2 Å². The molecular formula is C26H26N2P+. The van der Waals surface area contributed by atoms with E-state index in [0.717, 1.165) is 11.4 Å². The fraction of sp³-hybridized carbons (Fsp3) is 0.0769. The number of hydrogen-bond acceptors (Lipinski definition) is 2.